The van der Waals surface area contributed by atoms with Crippen molar-refractivity contribution in [3.8, 4) is 0 Å². The largest absolute Gasteiger partial charge is 0.340 e. The van der Waals surface area contributed by atoms with E-state index in [1.54, 1.807) is 4.90 Å². The molecule has 1 aliphatic carbocycles. The minimum absolute atomic E-state index is 0. The van der Waals surface area contributed by atoms with Crippen LogP contribution in [-0.2, 0) is 0 Å². The van der Waals surface area contributed by atoms with E-state index in [4.69, 9.17) is 0 Å². The highest BCUT2D eigenvalue weighted by molar-refractivity contribution is 5.91. The van der Waals surface area contributed by atoms with Crippen molar-refractivity contribution in [3.63, 3.8) is 0 Å². The van der Waals surface area contributed by atoms with Crippen molar-refractivity contribution in [1.29, 1.82) is 0 Å². The summed E-state index contributed by atoms with van der Waals surface area (Å²) in [5, 5.41) is 11.5. The molecule has 118 valence electrons. The van der Waals surface area contributed by atoms with Gasteiger partial charge in [-0.05, 0) is 44.7 Å². The van der Waals surface area contributed by atoms with Gasteiger partial charge < -0.3 is 10.2 Å². The number of nitrogens with zero attached hydrogens (tertiary/aromatic N) is 4. The van der Waals surface area contributed by atoms with E-state index in [-0.39, 0.29) is 18.3 Å². The van der Waals surface area contributed by atoms with Gasteiger partial charge in [-0.2, -0.15) is 0 Å². The van der Waals surface area contributed by atoms with Gasteiger partial charge >= 0.3 is 0 Å². The predicted octanol–water partition coefficient (Wildman–Crippen LogP) is 1.50. The molecule has 1 aromatic rings. The van der Waals surface area contributed by atoms with Crippen LogP contribution in [0, 0.1) is 5.92 Å². The number of rotatable bonds is 4. The Hall–Kier alpha value is -1.14. The second-order valence-corrected chi connectivity index (χ2v) is 6.05. The summed E-state index contributed by atoms with van der Waals surface area (Å²) in [6.45, 7) is 2.86. The number of aromatic nitrogens is 3. The molecule has 0 spiro atoms. The number of amides is 1. The van der Waals surface area contributed by atoms with Gasteiger partial charge in [-0.3, -0.25) is 4.79 Å². The van der Waals surface area contributed by atoms with E-state index in [0.29, 0.717) is 17.7 Å². The summed E-state index contributed by atoms with van der Waals surface area (Å²) < 4.78 is 1.87. The highest BCUT2D eigenvalue weighted by atomic mass is 35.5. The Labute approximate surface area is 131 Å². The summed E-state index contributed by atoms with van der Waals surface area (Å²) in [5.41, 5.74) is 0.477. The fraction of sp³-hybridized carbons (Fsp3) is 0.786. The first-order valence-corrected chi connectivity index (χ1v) is 7.62. The highest BCUT2D eigenvalue weighted by Crippen LogP contribution is 2.27. The molecule has 0 radical (unpaired) electrons. The van der Waals surface area contributed by atoms with Crippen LogP contribution >= 0.6 is 12.4 Å². The van der Waals surface area contributed by atoms with E-state index in [0.717, 1.165) is 32.5 Å². The third kappa shape index (κ3) is 3.74. The molecule has 6 nitrogen and oxygen atoms in total. The lowest BCUT2D eigenvalue weighted by molar-refractivity contribution is 0.0739. The normalized spacial score (nSPS) is 19.7. The SMILES string of the molecule is CN(CC1CCC1)C(=O)c1cn(C2CCNCC2)nn1.Cl. The average molecular weight is 314 g/mol. The number of carbonyl (C=O) groups is 1. The van der Waals surface area contributed by atoms with Crippen LogP contribution in [0.1, 0.15) is 48.6 Å². The average Bonchev–Trinajstić information content (AvgIpc) is 2.92. The van der Waals surface area contributed by atoms with Gasteiger partial charge in [0, 0.05) is 13.6 Å². The zero-order valence-electron chi connectivity index (χ0n) is 12.5. The van der Waals surface area contributed by atoms with E-state index < -0.39 is 0 Å². The van der Waals surface area contributed by atoms with E-state index in [1.807, 2.05) is 17.9 Å². The maximum Gasteiger partial charge on any atom is 0.275 e. The van der Waals surface area contributed by atoms with Crippen LogP contribution < -0.4 is 5.32 Å². The summed E-state index contributed by atoms with van der Waals surface area (Å²) >= 11 is 0. The number of piperidine rings is 1. The third-order valence-corrected chi connectivity index (χ3v) is 4.52. The summed E-state index contributed by atoms with van der Waals surface area (Å²) in [7, 11) is 1.87. The molecule has 1 aromatic heterocycles. The van der Waals surface area contributed by atoms with Crippen molar-refractivity contribution in [2.45, 2.75) is 38.1 Å². The molecule has 7 heteroatoms. The summed E-state index contributed by atoms with van der Waals surface area (Å²) in [6, 6.07) is 0.377. The van der Waals surface area contributed by atoms with Crippen LogP contribution in [0.5, 0.6) is 0 Å². The van der Waals surface area contributed by atoms with E-state index in [2.05, 4.69) is 15.6 Å². The van der Waals surface area contributed by atoms with Gasteiger partial charge in [0.15, 0.2) is 5.69 Å². The quantitative estimate of drug-likeness (QED) is 0.915. The number of halogens is 1. The Kier molecular flexibility index (Phi) is 5.58. The van der Waals surface area contributed by atoms with Gasteiger partial charge in [0.1, 0.15) is 0 Å². The minimum atomic E-state index is -0.00270. The van der Waals surface area contributed by atoms with Crippen molar-refractivity contribution in [3.05, 3.63) is 11.9 Å². The predicted molar refractivity (Wildman–Crippen MR) is 82.7 cm³/mol. The van der Waals surface area contributed by atoms with Crippen LogP contribution in [0.4, 0.5) is 0 Å². The first-order valence-electron chi connectivity index (χ1n) is 7.62. The molecule has 0 unspecified atom stereocenters. The maximum atomic E-state index is 12.3. The Morgan fingerprint density at radius 2 is 2.10 bits per heavy atom. The number of nitrogens with one attached hydrogen (secondary N) is 1. The Morgan fingerprint density at radius 1 is 1.38 bits per heavy atom. The first kappa shape index (κ1) is 16.2. The Morgan fingerprint density at radius 3 is 2.71 bits per heavy atom. The molecule has 0 atom stereocenters. The second kappa shape index (κ2) is 7.22. The molecule has 1 saturated carbocycles. The molecular formula is C14H24ClN5O. The van der Waals surface area contributed by atoms with Crippen molar-refractivity contribution >= 4 is 18.3 Å². The minimum Gasteiger partial charge on any atom is -0.340 e. The third-order valence-electron chi connectivity index (χ3n) is 4.52. The molecule has 2 aliphatic rings. The van der Waals surface area contributed by atoms with Crippen molar-refractivity contribution < 1.29 is 4.79 Å². The maximum absolute atomic E-state index is 12.3. The van der Waals surface area contributed by atoms with Gasteiger partial charge in [-0.15, -0.1) is 17.5 Å². The number of carbonyl (C=O) groups excluding carboxylic acids is 1. The molecule has 3 rings (SSSR count). The lowest BCUT2D eigenvalue weighted by Crippen LogP contribution is -2.34. The van der Waals surface area contributed by atoms with E-state index in [9.17, 15) is 4.79 Å². The molecule has 0 aromatic carbocycles. The van der Waals surface area contributed by atoms with Gasteiger partial charge in [0.05, 0.1) is 12.2 Å². The Bertz CT molecular complexity index is 468. The molecule has 21 heavy (non-hydrogen) atoms. The molecule has 2 fully saturated rings. The molecule has 2 heterocycles. The summed E-state index contributed by atoms with van der Waals surface area (Å²) in [6.07, 6.45) is 7.72. The molecular weight excluding hydrogens is 290 g/mol. The zero-order chi connectivity index (χ0) is 13.9. The van der Waals surface area contributed by atoms with E-state index in [1.165, 1.54) is 19.3 Å². The number of hydrogen-bond donors (Lipinski definition) is 1. The van der Waals surface area contributed by atoms with E-state index >= 15 is 0 Å². The lowest BCUT2D eigenvalue weighted by Gasteiger charge is -2.29. The summed E-state index contributed by atoms with van der Waals surface area (Å²) in [4.78, 5) is 14.1. The van der Waals surface area contributed by atoms with Crippen molar-refractivity contribution in [2.24, 2.45) is 5.92 Å². The monoisotopic (exact) mass is 313 g/mol. The molecule has 0 bridgehead atoms. The molecule has 1 N–H and O–H groups in total. The summed E-state index contributed by atoms with van der Waals surface area (Å²) in [5.74, 6) is 0.681. The van der Waals surface area contributed by atoms with Crippen LogP contribution in [-0.4, -0.2) is 52.5 Å². The van der Waals surface area contributed by atoms with Crippen molar-refractivity contribution in [2.75, 3.05) is 26.7 Å². The van der Waals surface area contributed by atoms with Gasteiger partial charge in [0.2, 0.25) is 0 Å². The lowest BCUT2D eigenvalue weighted by atomic mass is 9.85. The molecule has 1 saturated heterocycles. The van der Waals surface area contributed by atoms with Gasteiger partial charge in [-0.25, -0.2) is 4.68 Å². The fourth-order valence-electron chi connectivity index (χ4n) is 2.97. The topological polar surface area (TPSA) is 63.1 Å². The first-order chi connectivity index (χ1) is 9.74. The number of hydrogen-bond acceptors (Lipinski definition) is 4. The second-order valence-electron chi connectivity index (χ2n) is 6.05. The zero-order valence-corrected chi connectivity index (χ0v) is 13.3. The molecule has 1 amide bonds. The van der Waals surface area contributed by atoms with Crippen LogP contribution in [0.2, 0.25) is 0 Å². The van der Waals surface area contributed by atoms with Gasteiger partial charge in [0.25, 0.3) is 5.91 Å². The Balaban J connectivity index is 0.00000161. The van der Waals surface area contributed by atoms with Crippen LogP contribution in [0.25, 0.3) is 0 Å². The van der Waals surface area contributed by atoms with Crippen LogP contribution in [0.15, 0.2) is 6.20 Å². The standard InChI is InChI=1S/C14H23N5O.ClH/c1-18(9-11-3-2-4-11)14(20)13-10-19(17-16-13)12-5-7-15-8-6-12;/h10-12,15H,2-9H2,1H3;1H. The highest BCUT2D eigenvalue weighted by Gasteiger charge is 2.24. The fourth-order valence-corrected chi connectivity index (χ4v) is 2.97. The van der Waals surface area contributed by atoms with Crippen LogP contribution in [0.3, 0.4) is 0 Å². The molecule has 1 aliphatic heterocycles. The van der Waals surface area contributed by atoms with Gasteiger partial charge in [-0.1, -0.05) is 11.6 Å². The smallest absolute Gasteiger partial charge is 0.275 e. The van der Waals surface area contributed by atoms with Crippen molar-refractivity contribution in [1.82, 2.24) is 25.2 Å².